The number of carbonyl (C=O) groups excluding carboxylic acids is 1. The van der Waals surface area contributed by atoms with Crippen molar-refractivity contribution in [2.45, 2.75) is 12.5 Å². The van der Waals surface area contributed by atoms with Crippen LogP contribution >= 0.6 is 11.6 Å². The zero-order valence-corrected chi connectivity index (χ0v) is 15.8. The molecule has 26 heavy (non-hydrogen) atoms. The van der Waals surface area contributed by atoms with Crippen molar-refractivity contribution in [1.82, 2.24) is 9.88 Å². The topological polar surface area (TPSA) is 57.7 Å². The summed E-state index contributed by atoms with van der Waals surface area (Å²) in [6.07, 6.45) is 1.83. The second-order valence-electron chi connectivity index (χ2n) is 7.13. The average molecular weight is 375 g/mol. The molecule has 0 bridgehead atoms. The summed E-state index contributed by atoms with van der Waals surface area (Å²) < 4.78 is 5.39. The normalized spacial score (nSPS) is 24.4. The highest BCUT2D eigenvalue weighted by Gasteiger charge is 2.44. The van der Waals surface area contributed by atoms with Crippen LogP contribution in [0.1, 0.15) is 6.92 Å². The largest absolute Gasteiger partial charge is 0.373 e. The summed E-state index contributed by atoms with van der Waals surface area (Å²) in [4.78, 5) is 21.1. The van der Waals surface area contributed by atoms with Crippen molar-refractivity contribution in [3.05, 3.63) is 29.4 Å². The minimum atomic E-state index is -0.480. The van der Waals surface area contributed by atoms with Crippen LogP contribution in [0.3, 0.4) is 0 Å². The number of nitrogens with zero attached hydrogens (tertiary/aromatic N) is 3. The van der Waals surface area contributed by atoms with E-state index in [9.17, 15) is 4.79 Å². The first kappa shape index (κ1) is 17.5. The molecule has 0 amide bonds. The zero-order chi connectivity index (χ0) is 18.3. The van der Waals surface area contributed by atoms with Crippen molar-refractivity contribution in [1.29, 1.82) is 0 Å². The van der Waals surface area contributed by atoms with Crippen LogP contribution in [-0.2, 0) is 9.53 Å². The Kier molecular flexibility index (Phi) is 4.50. The number of hydrogen-bond donors (Lipinski definition) is 1. The van der Waals surface area contributed by atoms with Crippen LogP contribution in [0.2, 0.25) is 5.02 Å². The molecule has 2 fully saturated rings. The van der Waals surface area contributed by atoms with E-state index >= 15 is 0 Å². The number of nitrogens with one attached hydrogen (secondary N) is 1. The molecular formula is C19H23ClN4O2. The van der Waals surface area contributed by atoms with E-state index in [1.54, 1.807) is 0 Å². The third kappa shape index (κ3) is 2.92. The number of aromatic nitrogens is 1. The number of ether oxygens (including phenoxy) is 1. The van der Waals surface area contributed by atoms with Gasteiger partial charge >= 0.3 is 0 Å². The van der Waals surface area contributed by atoms with Gasteiger partial charge in [-0.05, 0) is 30.5 Å². The van der Waals surface area contributed by atoms with Crippen LogP contribution in [-0.4, -0.2) is 67.6 Å². The average Bonchev–Trinajstić information content (AvgIpc) is 3.01. The number of hydrogen-bond acceptors (Lipinski definition) is 6. The lowest BCUT2D eigenvalue weighted by atomic mass is 9.96. The SMILES string of the molecule is CNc1cc2cc(N3CCN(C4(C)COCC4=O)CC3)c(Cl)cc2cn1. The maximum atomic E-state index is 12.2. The van der Waals surface area contributed by atoms with Crippen molar-refractivity contribution < 1.29 is 9.53 Å². The Balaban J connectivity index is 1.55. The first-order valence-electron chi connectivity index (χ1n) is 8.89. The fourth-order valence-electron chi connectivity index (χ4n) is 3.82. The number of pyridine rings is 1. The predicted octanol–water partition coefficient (Wildman–Crippen LogP) is 2.41. The summed E-state index contributed by atoms with van der Waals surface area (Å²) >= 11 is 6.55. The highest BCUT2D eigenvalue weighted by molar-refractivity contribution is 6.34. The lowest BCUT2D eigenvalue weighted by molar-refractivity contribution is -0.126. The smallest absolute Gasteiger partial charge is 0.180 e. The Morgan fingerprint density at radius 3 is 2.62 bits per heavy atom. The molecule has 138 valence electrons. The highest BCUT2D eigenvalue weighted by atomic mass is 35.5. The monoisotopic (exact) mass is 374 g/mol. The number of halogens is 1. The molecule has 0 radical (unpaired) electrons. The van der Waals surface area contributed by atoms with Gasteiger partial charge < -0.3 is 15.0 Å². The Morgan fingerprint density at radius 1 is 1.19 bits per heavy atom. The summed E-state index contributed by atoms with van der Waals surface area (Å²) in [5.41, 5.74) is 0.554. The standard InChI is InChI=1S/C19H23ClN4O2/c1-19(12-26-11-17(19)25)24-5-3-23(4-6-24)16-8-13-9-18(21-2)22-10-14(13)7-15(16)20/h7-10H,3-6,11-12H2,1-2H3,(H,21,22). The number of carbonyl (C=O) groups is 1. The maximum Gasteiger partial charge on any atom is 0.180 e. The number of piperazine rings is 1. The minimum absolute atomic E-state index is 0.182. The molecule has 6 nitrogen and oxygen atoms in total. The molecule has 1 aromatic carbocycles. The second kappa shape index (κ2) is 6.68. The molecule has 3 heterocycles. The van der Waals surface area contributed by atoms with Crippen LogP contribution in [0, 0.1) is 0 Å². The number of Topliss-reactive ketones (excluding diaryl/α,β-unsaturated/α-hetero) is 1. The van der Waals surface area contributed by atoms with Gasteiger partial charge in [0.1, 0.15) is 18.0 Å². The number of ketones is 1. The second-order valence-corrected chi connectivity index (χ2v) is 7.54. The van der Waals surface area contributed by atoms with Crippen LogP contribution in [0.15, 0.2) is 24.4 Å². The van der Waals surface area contributed by atoms with Gasteiger partial charge in [0, 0.05) is 44.8 Å². The summed E-state index contributed by atoms with van der Waals surface area (Å²) in [6.45, 7) is 6.01. The van der Waals surface area contributed by atoms with E-state index in [1.807, 2.05) is 32.3 Å². The first-order chi connectivity index (χ1) is 12.5. The van der Waals surface area contributed by atoms with Crippen molar-refractivity contribution in [2.75, 3.05) is 56.7 Å². The summed E-state index contributed by atoms with van der Waals surface area (Å²) in [5.74, 6) is 1.02. The third-order valence-corrected chi connectivity index (χ3v) is 5.88. The van der Waals surface area contributed by atoms with Gasteiger partial charge in [-0.3, -0.25) is 9.69 Å². The molecule has 2 aromatic rings. The van der Waals surface area contributed by atoms with Gasteiger partial charge in [-0.1, -0.05) is 11.6 Å². The lowest BCUT2D eigenvalue weighted by Crippen LogP contribution is -2.59. The van der Waals surface area contributed by atoms with Crippen LogP contribution in [0.25, 0.3) is 10.8 Å². The highest BCUT2D eigenvalue weighted by Crippen LogP contribution is 2.33. The van der Waals surface area contributed by atoms with E-state index < -0.39 is 5.54 Å². The molecule has 1 unspecified atom stereocenters. The van der Waals surface area contributed by atoms with Crippen LogP contribution < -0.4 is 10.2 Å². The Bertz CT molecular complexity index is 851. The van der Waals surface area contributed by atoms with Gasteiger partial charge in [-0.25, -0.2) is 4.98 Å². The van der Waals surface area contributed by atoms with Crippen molar-refractivity contribution in [3.8, 4) is 0 Å². The lowest BCUT2D eigenvalue weighted by Gasteiger charge is -2.43. The predicted molar refractivity (Wildman–Crippen MR) is 104 cm³/mol. The van der Waals surface area contributed by atoms with E-state index in [0.29, 0.717) is 6.61 Å². The fraction of sp³-hybridized carbons (Fsp3) is 0.474. The summed E-state index contributed by atoms with van der Waals surface area (Å²) in [7, 11) is 1.86. The molecule has 1 N–H and O–H groups in total. The van der Waals surface area contributed by atoms with Gasteiger partial charge in [-0.15, -0.1) is 0 Å². The molecule has 4 rings (SSSR count). The molecular weight excluding hydrogens is 352 g/mol. The first-order valence-corrected chi connectivity index (χ1v) is 9.27. The van der Waals surface area contributed by atoms with E-state index in [4.69, 9.17) is 16.3 Å². The van der Waals surface area contributed by atoms with Gasteiger partial charge in [0.15, 0.2) is 5.78 Å². The van der Waals surface area contributed by atoms with Gasteiger partial charge in [0.2, 0.25) is 0 Å². The maximum absolute atomic E-state index is 12.2. The van der Waals surface area contributed by atoms with Crippen LogP contribution in [0.5, 0.6) is 0 Å². The third-order valence-electron chi connectivity index (χ3n) is 5.58. The van der Waals surface area contributed by atoms with Crippen LogP contribution in [0.4, 0.5) is 11.5 Å². The number of rotatable bonds is 3. The van der Waals surface area contributed by atoms with Crippen molar-refractivity contribution in [3.63, 3.8) is 0 Å². The Morgan fingerprint density at radius 2 is 1.96 bits per heavy atom. The molecule has 2 aliphatic heterocycles. The van der Waals surface area contributed by atoms with Crippen molar-refractivity contribution >= 4 is 39.7 Å². The quantitative estimate of drug-likeness (QED) is 0.890. The molecule has 2 aliphatic rings. The van der Waals surface area contributed by atoms with E-state index in [0.717, 1.165) is 53.5 Å². The molecule has 2 saturated heterocycles. The fourth-order valence-corrected chi connectivity index (χ4v) is 4.11. The Hall–Kier alpha value is -1.89. The summed E-state index contributed by atoms with van der Waals surface area (Å²) in [6, 6.07) is 6.13. The number of benzene rings is 1. The molecule has 0 aliphatic carbocycles. The summed E-state index contributed by atoms with van der Waals surface area (Å²) in [5, 5.41) is 5.94. The van der Waals surface area contributed by atoms with Gasteiger partial charge in [-0.2, -0.15) is 0 Å². The molecule has 0 spiro atoms. The van der Waals surface area contributed by atoms with Gasteiger partial charge in [0.25, 0.3) is 0 Å². The number of anilines is 2. The minimum Gasteiger partial charge on any atom is -0.373 e. The zero-order valence-electron chi connectivity index (χ0n) is 15.1. The van der Waals surface area contributed by atoms with E-state index in [-0.39, 0.29) is 12.4 Å². The Labute approximate surface area is 158 Å². The van der Waals surface area contributed by atoms with Crippen molar-refractivity contribution in [2.24, 2.45) is 0 Å². The molecule has 7 heteroatoms. The molecule has 1 atom stereocenters. The van der Waals surface area contributed by atoms with E-state index in [2.05, 4.69) is 26.2 Å². The van der Waals surface area contributed by atoms with E-state index in [1.165, 1.54) is 0 Å². The molecule has 0 saturated carbocycles. The van der Waals surface area contributed by atoms with Gasteiger partial charge in [0.05, 0.1) is 17.3 Å². The number of fused-ring (bicyclic) bond motifs is 1. The molecule has 1 aromatic heterocycles.